The van der Waals surface area contributed by atoms with Crippen LogP contribution in [0.4, 0.5) is 0 Å². The lowest BCUT2D eigenvalue weighted by molar-refractivity contribution is -0.118. The predicted octanol–water partition coefficient (Wildman–Crippen LogP) is 2.25. The highest BCUT2D eigenvalue weighted by Crippen LogP contribution is 2.34. The monoisotopic (exact) mass is 223 g/mol. The maximum Gasteiger partial charge on any atom is 0.0429 e. The molecule has 0 aromatic rings. The second-order valence-electron chi connectivity index (χ2n) is 5.67. The summed E-state index contributed by atoms with van der Waals surface area (Å²) in [5.74, 6) is 0. The van der Waals surface area contributed by atoms with E-state index in [1.54, 1.807) is 0 Å². The number of likely N-dealkylation sites (N-methyl/N-ethyl adjacent to an activating group) is 1. The number of rotatable bonds is 0. The summed E-state index contributed by atoms with van der Waals surface area (Å²) in [7, 11) is 2.31. The number of fused-ring (bicyclic) bond motifs is 3. The minimum atomic E-state index is 0.806. The van der Waals surface area contributed by atoms with Crippen molar-refractivity contribution in [3.63, 3.8) is 0 Å². The lowest BCUT2D eigenvalue weighted by atomic mass is 10.0. The second-order valence-corrected chi connectivity index (χ2v) is 5.67. The summed E-state index contributed by atoms with van der Waals surface area (Å²) >= 11 is 0. The zero-order valence-corrected chi connectivity index (χ0v) is 10.6. The Balaban J connectivity index is 1.81. The van der Waals surface area contributed by atoms with E-state index in [2.05, 4.69) is 22.2 Å². The first-order valence-corrected chi connectivity index (χ1v) is 7.15. The van der Waals surface area contributed by atoms with Gasteiger partial charge in [-0.05, 0) is 25.7 Å². The molecule has 3 heteroatoms. The van der Waals surface area contributed by atoms with Crippen molar-refractivity contribution in [2.24, 2.45) is 0 Å². The summed E-state index contributed by atoms with van der Waals surface area (Å²) in [5, 5.41) is 7.82. The summed E-state index contributed by atoms with van der Waals surface area (Å²) in [6, 6.07) is 1.63. The Morgan fingerprint density at radius 1 is 0.750 bits per heavy atom. The molecule has 1 saturated carbocycles. The molecule has 3 rings (SSSR count). The van der Waals surface area contributed by atoms with Gasteiger partial charge in [0.1, 0.15) is 0 Å². The molecule has 2 unspecified atom stereocenters. The Morgan fingerprint density at radius 3 is 2.31 bits per heavy atom. The molecule has 0 aromatic heterocycles. The van der Waals surface area contributed by atoms with Crippen LogP contribution in [0.25, 0.3) is 0 Å². The molecule has 3 nitrogen and oxygen atoms in total. The van der Waals surface area contributed by atoms with Gasteiger partial charge in [0.25, 0.3) is 0 Å². The molecule has 0 N–H and O–H groups in total. The van der Waals surface area contributed by atoms with Gasteiger partial charge >= 0.3 is 0 Å². The quantitative estimate of drug-likeness (QED) is 0.623. The lowest BCUT2D eigenvalue weighted by Crippen LogP contribution is -2.44. The molecule has 0 bridgehead atoms. The zero-order chi connectivity index (χ0) is 11.0. The van der Waals surface area contributed by atoms with E-state index in [0.29, 0.717) is 0 Å². The minimum Gasteiger partial charge on any atom is -0.226 e. The van der Waals surface area contributed by atoms with Gasteiger partial charge in [-0.3, -0.25) is 0 Å². The van der Waals surface area contributed by atoms with Gasteiger partial charge < -0.3 is 0 Å². The number of hydrazine groups is 2. The Labute approximate surface area is 99.3 Å². The van der Waals surface area contributed by atoms with Gasteiger partial charge in [0.15, 0.2) is 0 Å². The van der Waals surface area contributed by atoms with Crippen LogP contribution >= 0.6 is 0 Å². The minimum absolute atomic E-state index is 0.806. The fourth-order valence-corrected chi connectivity index (χ4v) is 3.85. The van der Waals surface area contributed by atoms with Crippen LogP contribution in [-0.4, -0.2) is 47.4 Å². The van der Waals surface area contributed by atoms with Crippen LogP contribution in [-0.2, 0) is 0 Å². The Bertz CT molecular complexity index is 219. The lowest BCUT2D eigenvalue weighted by Gasteiger charge is -2.31. The predicted molar refractivity (Wildman–Crippen MR) is 65.7 cm³/mol. The maximum atomic E-state index is 2.70. The largest absolute Gasteiger partial charge is 0.226 e. The molecule has 1 aliphatic carbocycles. The van der Waals surface area contributed by atoms with E-state index in [-0.39, 0.29) is 0 Å². The van der Waals surface area contributed by atoms with E-state index >= 15 is 0 Å². The molecule has 0 amide bonds. The maximum absolute atomic E-state index is 2.70. The van der Waals surface area contributed by atoms with Crippen LogP contribution in [0.3, 0.4) is 0 Å². The molecule has 2 saturated heterocycles. The fourth-order valence-electron chi connectivity index (χ4n) is 3.85. The van der Waals surface area contributed by atoms with Crippen molar-refractivity contribution in [3.8, 4) is 0 Å². The molecule has 92 valence electrons. The standard InChI is InChI=1S/C13H25N3/c1-14-12-8-4-2-5-9-13(12)15-10-6-3-7-11-16(14)15/h12-13H,2-11H2,1H3. The highest BCUT2D eigenvalue weighted by molar-refractivity contribution is 4.91. The van der Waals surface area contributed by atoms with E-state index in [4.69, 9.17) is 0 Å². The Hall–Kier alpha value is -0.120. The van der Waals surface area contributed by atoms with Crippen LogP contribution in [0.1, 0.15) is 51.4 Å². The molecule has 0 radical (unpaired) electrons. The first-order chi connectivity index (χ1) is 7.88. The van der Waals surface area contributed by atoms with Crippen molar-refractivity contribution < 1.29 is 0 Å². The molecule has 0 aromatic carbocycles. The zero-order valence-electron chi connectivity index (χ0n) is 10.6. The number of nitrogens with zero attached hydrogens (tertiary/aromatic N) is 3. The van der Waals surface area contributed by atoms with Crippen LogP contribution in [0.5, 0.6) is 0 Å². The third-order valence-corrected chi connectivity index (χ3v) is 4.71. The van der Waals surface area contributed by atoms with E-state index < -0.39 is 0 Å². The molecular formula is C13H25N3. The molecule has 2 aliphatic heterocycles. The van der Waals surface area contributed by atoms with Gasteiger partial charge in [0.2, 0.25) is 0 Å². The second kappa shape index (κ2) is 4.63. The van der Waals surface area contributed by atoms with Crippen LogP contribution in [0.15, 0.2) is 0 Å². The fraction of sp³-hybridized carbons (Fsp3) is 1.00. The highest BCUT2D eigenvalue weighted by Gasteiger charge is 2.43. The van der Waals surface area contributed by atoms with Gasteiger partial charge in [-0.15, -0.1) is 0 Å². The van der Waals surface area contributed by atoms with E-state index in [9.17, 15) is 0 Å². The third kappa shape index (κ3) is 1.79. The molecule has 16 heavy (non-hydrogen) atoms. The van der Waals surface area contributed by atoms with E-state index in [1.165, 1.54) is 64.5 Å². The summed E-state index contributed by atoms with van der Waals surface area (Å²) < 4.78 is 0. The van der Waals surface area contributed by atoms with Crippen LogP contribution in [0.2, 0.25) is 0 Å². The van der Waals surface area contributed by atoms with Crippen LogP contribution < -0.4 is 0 Å². The van der Waals surface area contributed by atoms with Crippen molar-refractivity contribution in [2.45, 2.75) is 63.5 Å². The van der Waals surface area contributed by atoms with Gasteiger partial charge in [-0.1, -0.05) is 25.7 Å². The average molecular weight is 223 g/mol. The SMILES string of the molecule is CN1C2CCCCCC2N2CCCCCN12. The molecule has 2 atom stereocenters. The Kier molecular flexibility index (Phi) is 3.18. The normalized spacial score (nSPS) is 38.8. The number of hydrogen-bond donors (Lipinski definition) is 0. The summed E-state index contributed by atoms with van der Waals surface area (Å²) in [6.07, 6.45) is 11.4. The first kappa shape index (κ1) is 11.0. The van der Waals surface area contributed by atoms with Crippen molar-refractivity contribution in [1.82, 2.24) is 15.1 Å². The van der Waals surface area contributed by atoms with Crippen molar-refractivity contribution >= 4 is 0 Å². The molecule has 2 heterocycles. The summed E-state index contributed by atoms with van der Waals surface area (Å²) in [4.78, 5) is 0. The molecule has 3 aliphatic rings. The average Bonchev–Trinajstić information content (AvgIpc) is 2.60. The van der Waals surface area contributed by atoms with Crippen molar-refractivity contribution in [1.29, 1.82) is 0 Å². The number of hydrogen-bond acceptors (Lipinski definition) is 3. The first-order valence-electron chi connectivity index (χ1n) is 7.15. The van der Waals surface area contributed by atoms with E-state index in [0.717, 1.165) is 12.1 Å². The van der Waals surface area contributed by atoms with Crippen molar-refractivity contribution in [3.05, 3.63) is 0 Å². The van der Waals surface area contributed by atoms with Gasteiger partial charge in [0, 0.05) is 32.2 Å². The summed E-state index contributed by atoms with van der Waals surface area (Å²) in [6.45, 7) is 2.55. The highest BCUT2D eigenvalue weighted by atomic mass is 15.9. The summed E-state index contributed by atoms with van der Waals surface area (Å²) in [5.41, 5.74) is 0. The van der Waals surface area contributed by atoms with Gasteiger partial charge in [-0.25, -0.2) is 10.0 Å². The van der Waals surface area contributed by atoms with Gasteiger partial charge in [-0.2, -0.15) is 5.12 Å². The van der Waals surface area contributed by atoms with Gasteiger partial charge in [0.05, 0.1) is 0 Å². The topological polar surface area (TPSA) is 9.72 Å². The molecule has 3 fully saturated rings. The third-order valence-electron chi connectivity index (χ3n) is 4.71. The van der Waals surface area contributed by atoms with Crippen LogP contribution in [0, 0.1) is 0 Å². The van der Waals surface area contributed by atoms with Crippen molar-refractivity contribution in [2.75, 3.05) is 20.1 Å². The molecule has 0 spiro atoms. The Morgan fingerprint density at radius 2 is 1.44 bits per heavy atom. The van der Waals surface area contributed by atoms with E-state index in [1.807, 2.05) is 0 Å². The molecular weight excluding hydrogens is 198 g/mol. The smallest absolute Gasteiger partial charge is 0.0429 e.